The van der Waals surface area contributed by atoms with Gasteiger partial charge in [0.15, 0.2) is 0 Å². The van der Waals surface area contributed by atoms with Crippen LogP contribution in [0, 0.1) is 5.92 Å². The molecule has 0 spiro atoms. The van der Waals surface area contributed by atoms with E-state index in [4.69, 9.17) is 16.7 Å². The van der Waals surface area contributed by atoms with Crippen molar-refractivity contribution < 1.29 is 5.11 Å². The third-order valence-electron chi connectivity index (χ3n) is 2.62. The summed E-state index contributed by atoms with van der Waals surface area (Å²) in [4.78, 5) is 6.17. The van der Waals surface area contributed by atoms with Gasteiger partial charge >= 0.3 is 0 Å². The molecule has 3 nitrogen and oxygen atoms in total. The zero-order chi connectivity index (χ0) is 9.97. The first kappa shape index (κ1) is 9.74. The Kier molecular flexibility index (Phi) is 2.89. The molecule has 1 aromatic heterocycles. The molecule has 0 amide bonds. The average molecular weight is 213 g/mol. The fourth-order valence-corrected chi connectivity index (χ4v) is 1.97. The SMILES string of the molecule is OC[C@H]1CCN(c2ccnc(Cl)c2)C1. The molecule has 2 heterocycles. The third-order valence-corrected chi connectivity index (χ3v) is 2.83. The standard InChI is InChI=1S/C10H13ClN2O/c11-10-5-9(1-3-12-10)13-4-2-8(6-13)7-14/h1,3,5,8,14H,2,4,6-7H2/t8-/m0/s1. The summed E-state index contributed by atoms with van der Waals surface area (Å²) in [6.45, 7) is 2.18. The molecule has 4 heteroatoms. The second-order valence-corrected chi connectivity index (χ2v) is 4.01. The van der Waals surface area contributed by atoms with Gasteiger partial charge in [-0.1, -0.05) is 11.6 Å². The Balaban J connectivity index is 2.09. The number of hydrogen-bond donors (Lipinski definition) is 1. The summed E-state index contributed by atoms with van der Waals surface area (Å²) in [5, 5.41) is 9.54. The molecule has 0 saturated carbocycles. The molecule has 14 heavy (non-hydrogen) atoms. The van der Waals surface area contributed by atoms with Crippen molar-refractivity contribution in [1.29, 1.82) is 0 Å². The van der Waals surface area contributed by atoms with Gasteiger partial charge in [-0.05, 0) is 18.6 Å². The summed E-state index contributed by atoms with van der Waals surface area (Å²) in [6.07, 6.45) is 2.76. The first-order valence-electron chi connectivity index (χ1n) is 4.77. The van der Waals surface area contributed by atoms with Crippen LogP contribution in [0.4, 0.5) is 5.69 Å². The highest BCUT2D eigenvalue weighted by Gasteiger charge is 2.21. The van der Waals surface area contributed by atoms with Crippen molar-refractivity contribution in [3.05, 3.63) is 23.5 Å². The summed E-state index contributed by atoms with van der Waals surface area (Å²) in [6, 6.07) is 3.81. The predicted octanol–water partition coefficient (Wildman–Crippen LogP) is 1.55. The number of aromatic nitrogens is 1. The van der Waals surface area contributed by atoms with Crippen LogP contribution in [-0.4, -0.2) is 29.8 Å². The molecule has 1 fully saturated rings. The summed E-state index contributed by atoms with van der Waals surface area (Å²) in [7, 11) is 0. The highest BCUT2D eigenvalue weighted by atomic mass is 35.5. The molecule has 1 atom stereocenters. The maximum absolute atomic E-state index is 9.02. The molecule has 0 radical (unpaired) electrons. The van der Waals surface area contributed by atoms with Gasteiger partial charge in [0.2, 0.25) is 0 Å². The van der Waals surface area contributed by atoms with Gasteiger partial charge < -0.3 is 10.0 Å². The lowest BCUT2D eigenvalue weighted by Crippen LogP contribution is -2.20. The summed E-state index contributed by atoms with van der Waals surface area (Å²) in [5.41, 5.74) is 1.10. The first-order valence-corrected chi connectivity index (χ1v) is 5.15. The lowest BCUT2D eigenvalue weighted by atomic mass is 10.1. The molecular formula is C10H13ClN2O. The maximum Gasteiger partial charge on any atom is 0.131 e. The Morgan fingerprint density at radius 2 is 2.50 bits per heavy atom. The molecule has 1 aliphatic rings. The monoisotopic (exact) mass is 212 g/mol. The van der Waals surface area contributed by atoms with Crippen LogP contribution in [-0.2, 0) is 0 Å². The van der Waals surface area contributed by atoms with E-state index >= 15 is 0 Å². The fourth-order valence-electron chi connectivity index (χ4n) is 1.81. The predicted molar refractivity (Wildman–Crippen MR) is 56.7 cm³/mol. The van der Waals surface area contributed by atoms with Gasteiger partial charge in [0.25, 0.3) is 0 Å². The molecule has 2 rings (SSSR count). The van der Waals surface area contributed by atoms with E-state index in [2.05, 4.69) is 9.88 Å². The van der Waals surface area contributed by atoms with Crippen molar-refractivity contribution in [2.75, 3.05) is 24.6 Å². The second-order valence-electron chi connectivity index (χ2n) is 3.62. The van der Waals surface area contributed by atoms with E-state index in [9.17, 15) is 0 Å². The number of pyridine rings is 1. The van der Waals surface area contributed by atoms with E-state index in [-0.39, 0.29) is 6.61 Å². The number of hydrogen-bond acceptors (Lipinski definition) is 3. The Morgan fingerprint density at radius 1 is 1.64 bits per heavy atom. The van der Waals surface area contributed by atoms with Crippen molar-refractivity contribution in [3.8, 4) is 0 Å². The molecule has 1 aromatic rings. The summed E-state index contributed by atoms with van der Waals surface area (Å²) >= 11 is 5.81. The molecule has 1 saturated heterocycles. The lowest BCUT2D eigenvalue weighted by molar-refractivity contribution is 0.238. The molecule has 0 bridgehead atoms. The number of nitrogens with zero attached hydrogens (tertiary/aromatic N) is 2. The normalized spacial score (nSPS) is 21.6. The lowest BCUT2D eigenvalue weighted by Gasteiger charge is -2.18. The van der Waals surface area contributed by atoms with E-state index in [1.165, 1.54) is 0 Å². The minimum atomic E-state index is 0.273. The van der Waals surface area contributed by atoms with E-state index in [1.807, 2.05) is 12.1 Å². The highest BCUT2D eigenvalue weighted by molar-refractivity contribution is 6.29. The van der Waals surface area contributed by atoms with Gasteiger partial charge in [0, 0.05) is 37.5 Å². The van der Waals surface area contributed by atoms with Gasteiger partial charge in [-0.25, -0.2) is 4.98 Å². The third kappa shape index (κ3) is 1.99. The van der Waals surface area contributed by atoms with Gasteiger partial charge in [-0.2, -0.15) is 0 Å². The van der Waals surface area contributed by atoms with Crippen molar-refractivity contribution in [2.24, 2.45) is 5.92 Å². The highest BCUT2D eigenvalue weighted by Crippen LogP contribution is 2.24. The largest absolute Gasteiger partial charge is 0.396 e. The zero-order valence-electron chi connectivity index (χ0n) is 7.86. The van der Waals surface area contributed by atoms with Gasteiger partial charge in [0.05, 0.1) is 0 Å². The van der Waals surface area contributed by atoms with Crippen LogP contribution in [0.15, 0.2) is 18.3 Å². The molecule has 0 aliphatic carbocycles. The first-order chi connectivity index (χ1) is 6.79. The van der Waals surface area contributed by atoms with Crippen LogP contribution >= 0.6 is 11.6 Å². The molecule has 1 aliphatic heterocycles. The fraction of sp³-hybridized carbons (Fsp3) is 0.500. The van der Waals surface area contributed by atoms with Crippen LogP contribution in [0.25, 0.3) is 0 Å². The molecule has 0 unspecified atom stereocenters. The number of aliphatic hydroxyl groups is 1. The van der Waals surface area contributed by atoms with Crippen LogP contribution in [0.5, 0.6) is 0 Å². The minimum absolute atomic E-state index is 0.273. The van der Waals surface area contributed by atoms with Crippen LogP contribution in [0.2, 0.25) is 5.15 Å². The quantitative estimate of drug-likeness (QED) is 0.756. The van der Waals surface area contributed by atoms with E-state index < -0.39 is 0 Å². The number of aliphatic hydroxyl groups excluding tert-OH is 1. The average Bonchev–Trinajstić information content (AvgIpc) is 2.66. The Hall–Kier alpha value is -0.800. The number of halogens is 1. The van der Waals surface area contributed by atoms with Crippen LogP contribution < -0.4 is 4.90 Å². The van der Waals surface area contributed by atoms with Crippen molar-refractivity contribution in [3.63, 3.8) is 0 Å². The van der Waals surface area contributed by atoms with E-state index in [1.54, 1.807) is 6.20 Å². The maximum atomic E-state index is 9.02. The van der Waals surface area contributed by atoms with Crippen molar-refractivity contribution >= 4 is 17.3 Å². The summed E-state index contributed by atoms with van der Waals surface area (Å²) < 4.78 is 0. The van der Waals surface area contributed by atoms with Crippen molar-refractivity contribution in [1.82, 2.24) is 4.98 Å². The molecular weight excluding hydrogens is 200 g/mol. The second kappa shape index (κ2) is 4.15. The van der Waals surface area contributed by atoms with Gasteiger partial charge in [0.1, 0.15) is 5.15 Å². The van der Waals surface area contributed by atoms with Gasteiger partial charge in [-0.3, -0.25) is 0 Å². The van der Waals surface area contributed by atoms with Crippen molar-refractivity contribution in [2.45, 2.75) is 6.42 Å². The minimum Gasteiger partial charge on any atom is -0.396 e. The number of rotatable bonds is 2. The molecule has 76 valence electrons. The topological polar surface area (TPSA) is 36.4 Å². The van der Waals surface area contributed by atoms with Crippen LogP contribution in [0.3, 0.4) is 0 Å². The Labute approximate surface area is 88.3 Å². The Morgan fingerprint density at radius 3 is 3.14 bits per heavy atom. The number of anilines is 1. The van der Waals surface area contributed by atoms with E-state index in [0.717, 1.165) is 25.2 Å². The smallest absolute Gasteiger partial charge is 0.131 e. The van der Waals surface area contributed by atoms with Gasteiger partial charge in [-0.15, -0.1) is 0 Å². The summed E-state index contributed by atoms with van der Waals surface area (Å²) in [5.74, 6) is 0.405. The molecule has 1 N–H and O–H groups in total. The zero-order valence-corrected chi connectivity index (χ0v) is 8.61. The Bertz CT molecular complexity index is 319. The molecule has 0 aromatic carbocycles. The van der Waals surface area contributed by atoms with Crippen LogP contribution in [0.1, 0.15) is 6.42 Å². The van der Waals surface area contributed by atoms with E-state index in [0.29, 0.717) is 11.1 Å².